The molecule has 0 aliphatic carbocycles. The van der Waals surface area contributed by atoms with Gasteiger partial charge in [-0.2, -0.15) is 4.31 Å². The Morgan fingerprint density at radius 1 is 1.38 bits per heavy atom. The Morgan fingerprint density at radius 2 is 2.10 bits per heavy atom. The van der Waals surface area contributed by atoms with E-state index in [-0.39, 0.29) is 28.4 Å². The fourth-order valence-corrected chi connectivity index (χ4v) is 4.62. The van der Waals surface area contributed by atoms with E-state index >= 15 is 0 Å². The summed E-state index contributed by atoms with van der Waals surface area (Å²) in [5.41, 5.74) is 5.54. The van der Waals surface area contributed by atoms with Gasteiger partial charge in [-0.3, -0.25) is 0 Å². The number of hydrogen-bond donors (Lipinski definition) is 1. The number of hydrogen-bond acceptors (Lipinski definition) is 3. The van der Waals surface area contributed by atoms with Gasteiger partial charge in [0, 0.05) is 12.6 Å². The summed E-state index contributed by atoms with van der Waals surface area (Å²) < 4.78 is 40.6. The van der Waals surface area contributed by atoms with Crippen molar-refractivity contribution in [2.75, 3.05) is 13.1 Å². The number of halogens is 3. The monoisotopic (exact) mass is 356 g/mol. The molecule has 0 spiro atoms. The van der Waals surface area contributed by atoms with Crippen molar-refractivity contribution in [1.29, 1.82) is 0 Å². The summed E-state index contributed by atoms with van der Waals surface area (Å²) >= 11 is 5.68. The van der Waals surface area contributed by atoms with Crippen LogP contribution in [0.15, 0.2) is 23.1 Å². The summed E-state index contributed by atoms with van der Waals surface area (Å²) in [6, 6.07) is 3.88. The third kappa shape index (κ3) is 3.87. The third-order valence-corrected chi connectivity index (χ3v) is 5.84. The van der Waals surface area contributed by atoms with Gasteiger partial charge in [-0.15, -0.1) is 12.4 Å². The normalized spacial score (nSPS) is 20.0. The molecule has 1 saturated heterocycles. The van der Waals surface area contributed by atoms with E-state index in [4.69, 9.17) is 17.3 Å². The average molecular weight is 357 g/mol. The van der Waals surface area contributed by atoms with E-state index in [9.17, 15) is 12.8 Å². The molecule has 1 heterocycles. The van der Waals surface area contributed by atoms with E-state index in [1.54, 1.807) is 0 Å². The van der Waals surface area contributed by atoms with Crippen molar-refractivity contribution in [3.63, 3.8) is 0 Å². The molecule has 4 nitrogen and oxygen atoms in total. The standard InChI is InChI=1S/C13H18ClFN2O2S.ClH/c14-11-5-3-6-12(13(11)15)20(18,19)17-9-2-1-4-10(17)7-8-16;/h3,5-6,10H,1-2,4,7-9,16H2;1H. The highest BCUT2D eigenvalue weighted by Gasteiger charge is 2.34. The molecular formula is C13H19Cl2FN2O2S. The van der Waals surface area contributed by atoms with Crippen LogP contribution in [-0.2, 0) is 10.0 Å². The van der Waals surface area contributed by atoms with Gasteiger partial charge >= 0.3 is 0 Å². The van der Waals surface area contributed by atoms with Crippen LogP contribution in [0, 0.1) is 5.82 Å². The molecule has 8 heteroatoms. The molecule has 0 amide bonds. The number of nitrogens with zero attached hydrogens (tertiary/aromatic N) is 1. The summed E-state index contributed by atoms with van der Waals surface area (Å²) in [7, 11) is -3.87. The fourth-order valence-electron chi connectivity index (χ4n) is 2.58. The van der Waals surface area contributed by atoms with Crippen molar-refractivity contribution in [3.05, 3.63) is 29.0 Å². The lowest BCUT2D eigenvalue weighted by atomic mass is 10.0. The van der Waals surface area contributed by atoms with Crippen molar-refractivity contribution >= 4 is 34.0 Å². The molecule has 0 bridgehead atoms. The van der Waals surface area contributed by atoms with Crippen LogP contribution in [-0.4, -0.2) is 31.9 Å². The van der Waals surface area contributed by atoms with Crippen LogP contribution in [0.3, 0.4) is 0 Å². The third-order valence-electron chi connectivity index (χ3n) is 3.58. The Kier molecular flexibility index (Phi) is 6.87. The van der Waals surface area contributed by atoms with Crippen LogP contribution in [0.25, 0.3) is 0 Å². The number of piperidine rings is 1. The van der Waals surface area contributed by atoms with Crippen molar-refractivity contribution in [2.45, 2.75) is 36.6 Å². The average Bonchev–Trinajstić information content (AvgIpc) is 2.42. The second-order valence-corrected chi connectivity index (χ2v) is 7.16. The number of rotatable bonds is 4. The zero-order valence-electron chi connectivity index (χ0n) is 11.5. The van der Waals surface area contributed by atoms with Gasteiger partial charge in [-0.25, -0.2) is 12.8 Å². The maximum Gasteiger partial charge on any atom is 0.246 e. The minimum Gasteiger partial charge on any atom is -0.330 e. The molecule has 21 heavy (non-hydrogen) atoms. The molecule has 1 aliphatic rings. The van der Waals surface area contributed by atoms with Gasteiger partial charge in [0.15, 0.2) is 5.82 Å². The smallest absolute Gasteiger partial charge is 0.246 e. The highest BCUT2D eigenvalue weighted by molar-refractivity contribution is 7.89. The summed E-state index contributed by atoms with van der Waals surface area (Å²) in [4.78, 5) is -0.353. The summed E-state index contributed by atoms with van der Waals surface area (Å²) in [5.74, 6) is -0.883. The van der Waals surface area contributed by atoms with Gasteiger partial charge in [-0.1, -0.05) is 24.1 Å². The minimum absolute atomic E-state index is 0. The minimum atomic E-state index is -3.87. The largest absolute Gasteiger partial charge is 0.330 e. The Bertz CT molecular complexity index is 582. The predicted octanol–water partition coefficient (Wildman–Crippen LogP) is 2.79. The molecule has 0 radical (unpaired) electrons. The van der Waals surface area contributed by atoms with Gasteiger partial charge in [-0.05, 0) is 37.9 Å². The van der Waals surface area contributed by atoms with Crippen LogP contribution in [0.1, 0.15) is 25.7 Å². The highest BCUT2D eigenvalue weighted by atomic mass is 35.5. The van der Waals surface area contributed by atoms with Crippen molar-refractivity contribution < 1.29 is 12.8 Å². The van der Waals surface area contributed by atoms with E-state index in [0.717, 1.165) is 19.3 Å². The van der Waals surface area contributed by atoms with E-state index in [0.29, 0.717) is 19.5 Å². The molecule has 1 aromatic carbocycles. The molecule has 0 aromatic heterocycles. The van der Waals surface area contributed by atoms with Crippen molar-refractivity contribution in [3.8, 4) is 0 Å². The van der Waals surface area contributed by atoms with Gasteiger partial charge in [0.25, 0.3) is 0 Å². The molecule has 1 fully saturated rings. The van der Waals surface area contributed by atoms with E-state index in [2.05, 4.69) is 0 Å². The first-order chi connectivity index (χ1) is 9.48. The lowest BCUT2D eigenvalue weighted by Crippen LogP contribution is -2.44. The molecule has 0 saturated carbocycles. The molecule has 1 aliphatic heterocycles. The van der Waals surface area contributed by atoms with Crippen molar-refractivity contribution in [1.82, 2.24) is 4.31 Å². The molecule has 1 unspecified atom stereocenters. The maximum atomic E-state index is 14.0. The van der Waals surface area contributed by atoms with E-state index < -0.39 is 15.8 Å². The second-order valence-electron chi connectivity index (χ2n) is 4.89. The fraction of sp³-hybridized carbons (Fsp3) is 0.538. The van der Waals surface area contributed by atoms with Crippen LogP contribution in [0.4, 0.5) is 4.39 Å². The quantitative estimate of drug-likeness (QED) is 0.901. The lowest BCUT2D eigenvalue weighted by molar-refractivity contribution is 0.242. The van der Waals surface area contributed by atoms with Gasteiger partial charge < -0.3 is 5.73 Å². The Hall–Kier alpha value is -0.400. The number of nitrogens with two attached hydrogens (primary N) is 1. The van der Waals surface area contributed by atoms with E-state index in [1.165, 1.54) is 22.5 Å². The van der Waals surface area contributed by atoms with Crippen LogP contribution in [0.5, 0.6) is 0 Å². The lowest BCUT2D eigenvalue weighted by Gasteiger charge is -2.34. The number of benzene rings is 1. The first kappa shape index (κ1) is 18.6. The van der Waals surface area contributed by atoms with Crippen LogP contribution in [0.2, 0.25) is 5.02 Å². The topological polar surface area (TPSA) is 63.4 Å². The molecule has 1 atom stereocenters. The Balaban J connectivity index is 0.00000220. The van der Waals surface area contributed by atoms with E-state index in [1.807, 2.05) is 0 Å². The summed E-state index contributed by atoms with van der Waals surface area (Å²) in [6.45, 7) is 0.813. The van der Waals surface area contributed by atoms with Gasteiger partial charge in [0.05, 0.1) is 5.02 Å². The Morgan fingerprint density at radius 3 is 2.76 bits per heavy atom. The zero-order chi connectivity index (χ0) is 14.8. The van der Waals surface area contributed by atoms with Crippen LogP contribution < -0.4 is 5.73 Å². The van der Waals surface area contributed by atoms with Gasteiger partial charge in [0.2, 0.25) is 10.0 Å². The first-order valence-electron chi connectivity index (χ1n) is 6.64. The first-order valence-corrected chi connectivity index (χ1v) is 8.46. The predicted molar refractivity (Wildman–Crippen MR) is 83.9 cm³/mol. The van der Waals surface area contributed by atoms with Crippen LogP contribution >= 0.6 is 24.0 Å². The molecular weight excluding hydrogens is 338 g/mol. The molecule has 2 rings (SSSR count). The van der Waals surface area contributed by atoms with Crippen molar-refractivity contribution in [2.24, 2.45) is 5.73 Å². The highest BCUT2D eigenvalue weighted by Crippen LogP contribution is 2.30. The molecule has 1 aromatic rings. The second kappa shape index (κ2) is 7.74. The molecule has 120 valence electrons. The SMILES string of the molecule is Cl.NCCC1CCCCN1S(=O)(=O)c1cccc(Cl)c1F. The summed E-state index contributed by atoms with van der Waals surface area (Å²) in [5, 5.41) is -0.182. The summed E-state index contributed by atoms with van der Waals surface area (Å²) in [6.07, 6.45) is 3.09. The maximum absolute atomic E-state index is 14.0. The number of sulfonamides is 1. The van der Waals surface area contributed by atoms with Gasteiger partial charge in [0.1, 0.15) is 4.90 Å². The zero-order valence-corrected chi connectivity index (χ0v) is 13.9. The molecule has 2 N–H and O–H groups in total. The Labute approximate surface area is 135 Å².